The zero-order valence-corrected chi connectivity index (χ0v) is 13.6. The molecule has 0 amide bonds. The molecule has 114 valence electrons. The van der Waals surface area contributed by atoms with E-state index < -0.39 is 5.82 Å². The topological polar surface area (TPSA) is 22.1 Å². The molecule has 0 fully saturated rings. The van der Waals surface area contributed by atoms with E-state index in [-0.39, 0.29) is 11.1 Å². The Morgan fingerprint density at radius 3 is 2.62 bits per heavy atom. The molecular weight excluding hydrogens is 289 g/mol. The van der Waals surface area contributed by atoms with Gasteiger partial charge in [0, 0.05) is 11.8 Å². The molecular formula is C17H21ClFNO. The van der Waals surface area contributed by atoms with E-state index in [4.69, 9.17) is 16.3 Å². The highest BCUT2D eigenvalue weighted by molar-refractivity contribution is 6.30. The van der Waals surface area contributed by atoms with Crippen molar-refractivity contribution in [3.63, 3.8) is 0 Å². The molecule has 1 unspecified atom stereocenters. The lowest BCUT2D eigenvalue weighted by Crippen LogP contribution is -2.06. The lowest BCUT2D eigenvalue weighted by atomic mass is 10.1. The molecule has 2 aromatic rings. The maximum absolute atomic E-state index is 13.4. The molecule has 21 heavy (non-hydrogen) atoms. The van der Waals surface area contributed by atoms with E-state index in [0.29, 0.717) is 5.88 Å². The van der Waals surface area contributed by atoms with Crippen molar-refractivity contribution in [2.45, 2.75) is 40.2 Å². The summed E-state index contributed by atoms with van der Waals surface area (Å²) < 4.78 is 19.2. The summed E-state index contributed by atoms with van der Waals surface area (Å²) >= 11 is 5.67. The first-order chi connectivity index (χ1) is 10.1. The maximum atomic E-state index is 13.4. The third-order valence-corrected chi connectivity index (χ3v) is 3.24. The van der Waals surface area contributed by atoms with Gasteiger partial charge in [-0.15, -0.1) is 0 Å². The number of hydrogen-bond acceptors (Lipinski definition) is 2. The van der Waals surface area contributed by atoms with Crippen molar-refractivity contribution in [2.75, 3.05) is 0 Å². The molecule has 0 aliphatic carbocycles. The van der Waals surface area contributed by atoms with Crippen molar-refractivity contribution in [2.24, 2.45) is 0 Å². The molecule has 0 aliphatic rings. The fourth-order valence-corrected chi connectivity index (χ4v) is 1.92. The summed E-state index contributed by atoms with van der Waals surface area (Å²) in [6.45, 7) is 7.90. The molecule has 0 N–H and O–H groups in total. The summed E-state index contributed by atoms with van der Waals surface area (Å²) in [5.74, 6) is 0.152. The van der Waals surface area contributed by atoms with Gasteiger partial charge in [-0.2, -0.15) is 0 Å². The number of rotatable bonds is 4. The fourth-order valence-electron chi connectivity index (χ4n) is 1.80. The van der Waals surface area contributed by atoms with Crippen molar-refractivity contribution >= 4 is 11.6 Å². The molecule has 1 atom stereocenters. The number of nitrogens with zero attached hydrogens (tertiary/aromatic N) is 1. The largest absolute Gasteiger partial charge is 0.470 e. The predicted octanol–water partition coefficient (Wildman–Crippen LogP) is 5.60. The Hall–Kier alpha value is -1.61. The van der Waals surface area contributed by atoms with E-state index in [1.54, 1.807) is 12.3 Å². The predicted molar refractivity (Wildman–Crippen MR) is 85.4 cm³/mol. The van der Waals surface area contributed by atoms with Crippen molar-refractivity contribution < 1.29 is 9.13 Å². The Kier molecular flexibility index (Phi) is 7.17. The van der Waals surface area contributed by atoms with Gasteiger partial charge >= 0.3 is 0 Å². The highest BCUT2D eigenvalue weighted by atomic mass is 35.5. The minimum absolute atomic E-state index is 0.114. The molecule has 1 heterocycles. The first-order valence-electron chi connectivity index (χ1n) is 7.17. The number of ether oxygens (including phenoxy) is 1. The average molecular weight is 310 g/mol. The van der Waals surface area contributed by atoms with E-state index in [2.05, 4.69) is 4.98 Å². The monoisotopic (exact) mass is 309 g/mol. The normalized spacial score (nSPS) is 11.3. The van der Waals surface area contributed by atoms with Crippen LogP contribution in [0.4, 0.5) is 4.39 Å². The fraction of sp³-hybridized carbons (Fsp3) is 0.353. The molecule has 0 saturated carbocycles. The summed E-state index contributed by atoms with van der Waals surface area (Å²) in [4.78, 5) is 4.21. The Morgan fingerprint density at radius 1 is 1.29 bits per heavy atom. The van der Waals surface area contributed by atoms with Crippen molar-refractivity contribution in [3.8, 4) is 5.88 Å². The van der Waals surface area contributed by atoms with Gasteiger partial charge in [-0.05, 0) is 37.1 Å². The molecule has 2 nitrogen and oxygen atoms in total. The lowest BCUT2D eigenvalue weighted by Gasteiger charge is -2.16. The number of hydrogen-bond donors (Lipinski definition) is 0. The van der Waals surface area contributed by atoms with Crippen molar-refractivity contribution in [3.05, 3.63) is 58.5 Å². The number of aryl methyl sites for hydroxylation is 1. The summed E-state index contributed by atoms with van der Waals surface area (Å²) in [7, 11) is 0. The van der Waals surface area contributed by atoms with Gasteiger partial charge in [0.1, 0.15) is 11.9 Å². The number of halogens is 2. The molecule has 1 aromatic carbocycles. The Morgan fingerprint density at radius 2 is 2.00 bits per heavy atom. The van der Waals surface area contributed by atoms with E-state index in [1.807, 2.05) is 39.8 Å². The second kappa shape index (κ2) is 8.63. The van der Waals surface area contributed by atoms with Gasteiger partial charge in [0.15, 0.2) is 0 Å². The quantitative estimate of drug-likeness (QED) is 0.733. The smallest absolute Gasteiger partial charge is 0.217 e. The lowest BCUT2D eigenvalue weighted by molar-refractivity contribution is 0.214. The van der Waals surface area contributed by atoms with Crippen LogP contribution in [-0.2, 0) is 6.42 Å². The summed E-state index contributed by atoms with van der Waals surface area (Å²) in [6, 6.07) is 8.52. The number of pyridine rings is 1. The third-order valence-electron chi connectivity index (χ3n) is 2.93. The Bertz CT molecular complexity index is 574. The maximum Gasteiger partial charge on any atom is 0.217 e. The third kappa shape index (κ3) is 4.71. The van der Waals surface area contributed by atoms with E-state index in [1.165, 1.54) is 12.1 Å². The molecule has 0 spiro atoms. The Balaban J connectivity index is 0.00000106. The summed E-state index contributed by atoms with van der Waals surface area (Å²) in [5.41, 5.74) is 1.76. The van der Waals surface area contributed by atoms with Crippen LogP contribution < -0.4 is 4.74 Å². The molecule has 4 heteroatoms. The van der Waals surface area contributed by atoms with Gasteiger partial charge in [0.05, 0.1) is 5.02 Å². The zero-order chi connectivity index (χ0) is 15.8. The SMILES string of the molecule is CC.CCc1cccnc1OC(C)c1ccc(Cl)c(F)c1. The van der Waals surface area contributed by atoms with Crippen LogP contribution in [0.15, 0.2) is 36.5 Å². The van der Waals surface area contributed by atoms with Gasteiger partial charge in [0.2, 0.25) is 5.88 Å². The second-order valence-electron chi connectivity index (χ2n) is 4.25. The molecule has 0 bridgehead atoms. The second-order valence-corrected chi connectivity index (χ2v) is 4.66. The van der Waals surface area contributed by atoms with Crippen molar-refractivity contribution in [1.82, 2.24) is 4.98 Å². The van der Waals surface area contributed by atoms with Crippen LogP contribution in [0.1, 0.15) is 44.9 Å². The molecule has 1 aromatic heterocycles. The van der Waals surface area contributed by atoms with Gasteiger partial charge in [-0.1, -0.05) is 44.5 Å². The standard InChI is InChI=1S/C15H15ClFNO.C2H6/c1-3-11-5-4-8-18-15(11)19-10(2)12-6-7-13(16)14(17)9-12;1-2/h4-10H,3H2,1-2H3;1-2H3. The zero-order valence-electron chi connectivity index (χ0n) is 12.9. The highest BCUT2D eigenvalue weighted by Gasteiger charge is 2.12. The average Bonchev–Trinajstić information content (AvgIpc) is 2.52. The minimum atomic E-state index is -0.439. The first kappa shape index (κ1) is 17.4. The van der Waals surface area contributed by atoms with Crippen LogP contribution in [0.25, 0.3) is 0 Å². The van der Waals surface area contributed by atoms with Crippen LogP contribution >= 0.6 is 11.6 Å². The summed E-state index contributed by atoms with van der Waals surface area (Å²) in [6.07, 6.45) is 2.24. The van der Waals surface area contributed by atoms with E-state index in [9.17, 15) is 4.39 Å². The summed E-state index contributed by atoms with van der Waals surface area (Å²) in [5, 5.41) is 0.114. The van der Waals surface area contributed by atoms with E-state index >= 15 is 0 Å². The molecule has 0 saturated heterocycles. The van der Waals surface area contributed by atoms with Crippen LogP contribution in [0.3, 0.4) is 0 Å². The van der Waals surface area contributed by atoms with Gasteiger partial charge in [-0.3, -0.25) is 0 Å². The first-order valence-corrected chi connectivity index (χ1v) is 7.55. The molecule has 0 radical (unpaired) electrons. The Labute approximate surface area is 130 Å². The van der Waals surface area contributed by atoms with E-state index in [0.717, 1.165) is 17.5 Å². The van der Waals surface area contributed by atoms with Gasteiger partial charge in [0.25, 0.3) is 0 Å². The number of benzene rings is 1. The van der Waals surface area contributed by atoms with Crippen LogP contribution in [0.2, 0.25) is 5.02 Å². The van der Waals surface area contributed by atoms with Crippen LogP contribution in [0, 0.1) is 5.82 Å². The number of aromatic nitrogens is 1. The highest BCUT2D eigenvalue weighted by Crippen LogP contribution is 2.25. The van der Waals surface area contributed by atoms with Gasteiger partial charge < -0.3 is 4.74 Å². The minimum Gasteiger partial charge on any atom is -0.470 e. The molecule has 2 rings (SSSR count). The molecule has 0 aliphatic heterocycles. The van der Waals surface area contributed by atoms with Gasteiger partial charge in [-0.25, -0.2) is 9.37 Å². The van der Waals surface area contributed by atoms with Crippen molar-refractivity contribution in [1.29, 1.82) is 0 Å². The van der Waals surface area contributed by atoms with Crippen LogP contribution in [0.5, 0.6) is 5.88 Å². The van der Waals surface area contributed by atoms with Crippen LogP contribution in [-0.4, -0.2) is 4.98 Å².